The second-order valence-corrected chi connectivity index (χ2v) is 4.37. The maximum atomic E-state index is 2.45. The molecule has 0 bridgehead atoms. The summed E-state index contributed by atoms with van der Waals surface area (Å²) in [6.07, 6.45) is 7.23. The number of hydrogen-bond donors (Lipinski definition) is 0. The first-order valence-corrected chi connectivity index (χ1v) is 4.66. The highest BCUT2D eigenvalue weighted by atomic mass is 14.3. The second-order valence-electron chi connectivity index (χ2n) is 4.37. The zero-order valence-corrected chi connectivity index (χ0v) is 7.61. The van der Waals surface area contributed by atoms with E-state index in [0.29, 0.717) is 5.41 Å². The minimum atomic E-state index is 0.692. The second kappa shape index (κ2) is 2.94. The fraction of sp³-hybridized carbons (Fsp3) is 1.00. The van der Waals surface area contributed by atoms with Gasteiger partial charge in [-0.05, 0) is 24.2 Å². The molecule has 1 saturated carbocycles. The van der Waals surface area contributed by atoms with Gasteiger partial charge in [-0.25, -0.2) is 0 Å². The third-order valence-electron chi connectivity index (χ3n) is 3.17. The van der Waals surface area contributed by atoms with E-state index in [9.17, 15) is 0 Å². The zero-order valence-electron chi connectivity index (χ0n) is 7.61. The van der Waals surface area contributed by atoms with Gasteiger partial charge >= 0.3 is 0 Å². The average molecular weight is 140 g/mol. The van der Waals surface area contributed by atoms with Crippen molar-refractivity contribution >= 4 is 0 Å². The molecule has 0 nitrogen and oxygen atoms in total. The number of rotatable bonds is 1. The van der Waals surface area contributed by atoms with Crippen molar-refractivity contribution in [2.45, 2.75) is 52.9 Å². The fourth-order valence-corrected chi connectivity index (χ4v) is 2.24. The van der Waals surface area contributed by atoms with E-state index in [1.54, 1.807) is 0 Å². The first kappa shape index (κ1) is 8.10. The highest BCUT2D eigenvalue weighted by molar-refractivity contribution is 4.79. The van der Waals surface area contributed by atoms with Crippen LogP contribution in [0, 0.1) is 11.3 Å². The molecule has 1 unspecified atom stereocenters. The molecule has 1 aliphatic rings. The monoisotopic (exact) mass is 140 g/mol. The molecule has 1 fully saturated rings. The van der Waals surface area contributed by atoms with E-state index < -0.39 is 0 Å². The van der Waals surface area contributed by atoms with Crippen LogP contribution in [0.2, 0.25) is 0 Å². The number of hydrogen-bond acceptors (Lipinski definition) is 0. The van der Waals surface area contributed by atoms with Crippen molar-refractivity contribution in [1.29, 1.82) is 0 Å². The molecule has 0 aromatic heterocycles. The summed E-state index contributed by atoms with van der Waals surface area (Å²) >= 11 is 0. The van der Waals surface area contributed by atoms with Crippen LogP contribution in [0.4, 0.5) is 0 Å². The van der Waals surface area contributed by atoms with Gasteiger partial charge in [0.15, 0.2) is 0 Å². The van der Waals surface area contributed by atoms with E-state index in [1.807, 2.05) is 0 Å². The molecule has 2 atom stereocenters. The SMILES string of the molecule is CC[C@]1(C)CCCC(C)C1. The van der Waals surface area contributed by atoms with E-state index in [-0.39, 0.29) is 0 Å². The third kappa shape index (κ3) is 1.74. The topological polar surface area (TPSA) is 0 Å². The van der Waals surface area contributed by atoms with Gasteiger partial charge in [0.1, 0.15) is 0 Å². The average Bonchev–Trinajstić information content (AvgIpc) is 1.88. The summed E-state index contributed by atoms with van der Waals surface area (Å²) in [6, 6.07) is 0. The minimum Gasteiger partial charge on any atom is -0.0649 e. The molecule has 0 heteroatoms. The summed E-state index contributed by atoms with van der Waals surface area (Å²) in [7, 11) is 0. The van der Waals surface area contributed by atoms with E-state index in [2.05, 4.69) is 20.8 Å². The van der Waals surface area contributed by atoms with Gasteiger partial charge in [-0.3, -0.25) is 0 Å². The predicted molar refractivity (Wildman–Crippen MR) is 46.0 cm³/mol. The van der Waals surface area contributed by atoms with Crippen LogP contribution in [0.1, 0.15) is 52.9 Å². The molecule has 0 aromatic rings. The lowest BCUT2D eigenvalue weighted by molar-refractivity contribution is 0.162. The van der Waals surface area contributed by atoms with Crippen LogP contribution in [0.5, 0.6) is 0 Å². The van der Waals surface area contributed by atoms with Gasteiger partial charge in [-0.2, -0.15) is 0 Å². The van der Waals surface area contributed by atoms with Crippen LogP contribution in [0.25, 0.3) is 0 Å². The van der Waals surface area contributed by atoms with Gasteiger partial charge in [-0.15, -0.1) is 0 Å². The summed E-state index contributed by atoms with van der Waals surface area (Å²) in [5.41, 5.74) is 0.692. The van der Waals surface area contributed by atoms with Gasteiger partial charge in [0.25, 0.3) is 0 Å². The largest absolute Gasteiger partial charge is 0.0649 e. The molecule has 1 rings (SSSR count). The zero-order chi connectivity index (χ0) is 7.61. The molecule has 60 valence electrons. The van der Waals surface area contributed by atoms with Gasteiger partial charge in [0.05, 0.1) is 0 Å². The van der Waals surface area contributed by atoms with Crippen molar-refractivity contribution in [2.24, 2.45) is 11.3 Å². The van der Waals surface area contributed by atoms with Crippen LogP contribution < -0.4 is 0 Å². The summed E-state index contributed by atoms with van der Waals surface area (Å²) in [5, 5.41) is 0. The highest BCUT2D eigenvalue weighted by Crippen LogP contribution is 2.40. The quantitative estimate of drug-likeness (QED) is 0.522. The molecule has 0 spiro atoms. The van der Waals surface area contributed by atoms with Crippen LogP contribution in [0.3, 0.4) is 0 Å². The summed E-state index contributed by atoms with van der Waals surface area (Å²) in [6.45, 7) is 7.17. The van der Waals surface area contributed by atoms with Crippen molar-refractivity contribution in [3.8, 4) is 0 Å². The Morgan fingerprint density at radius 3 is 2.60 bits per heavy atom. The Bertz CT molecular complexity index is 107. The Morgan fingerprint density at radius 2 is 2.20 bits per heavy atom. The summed E-state index contributed by atoms with van der Waals surface area (Å²) in [4.78, 5) is 0. The maximum absolute atomic E-state index is 2.45. The molecule has 0 saturated heterocycles. The molecule has 0 aromatic carbocycles. The Balaban J connectivity index is 2.45. The van der Waals surface area contributed by atoms with Crippen LogP contribution in [0.15, 0.2) is 0 Å². The van der Waals surface area contributed by atoms with Crippen LogP contribution >= 0.6 is 0 Å². The van der Waals surface area contributed by atoms with E-state index >= 15 is 0 Å². The van der Waals surface area contributed by atoms with Crippen LogP contribution in [-0.4, -0.2) is 0 Å². The Kier molecular flexibility index (Phi) is 2.38. The first-order valence-electron chi connectivity index (χ1n) is 4.66. The van der Waals surface area contributed by atoms with Crippen molar-refractivity contribution in [3.63, 3.8) is 0 Å². The third-order valence-corrected chi connectivity index (χ3v) is 3.17. The van der Waals surface area contributed by atoms with E-state index in [0.717, 1.165) is 5.92 Å². The Hall–Kier alpha value is 0. The fourth-order valence-electron chi connectivity index (χ4n) is 2.24. The summed E-state index contributed by atoms with van der Waals surface area (Å²) in [5.74, 6) is 0.985. The van der Waals surface area contributed by atoms with Crippen LogP contribution in [-0.2, 0) is 0 Å². The highest BCUT2D eigenvalue weighted by Gasteiger charge is 2.27. The molecule has 0 radical (unpaired) electrons. The standard InChI is InChI=1S/C10H20/c1-4-10(3)7-5-6-9(2)8-10/h9H,4-8H2,1-3H3/t9?,10-/m1/s1. The Labute approximate surface area is 65.0 Å². The summed E-state index contributed by atoms with van der Waals surface area (Å²) < 4.78 is 0. The van der Waals surface area contributed by atoms with Crippen molar-refractivity contribution in [3.05, 3.63) is 0 Å². The first-order chi connectivity index (χ1) is 4.66. The lowest BCUT2D eigenvalue weighted by Crippen LogP contribution is -2.23. The van der Waals surface area contributed by atoms with E-state index in [1.165, 1.54) is 32.1 Å². The Morgan fingerprint density at radius 1 is 1.50 bits per heavy atom. The lowest BCUT2D eigenvalue weighted by Gasteiger charge is -2.36. The smallest absolute Gasteiger partial charge is 0.0326 e. The molecule has 10 heavy (non-hydrogen) atoms. The minimum absolute atomic E-state index is 0.692. The van der Waals surface area contributed by atoms with Gasteiger partial charge in [-0.1, -0.05) is 40.0 Å². The van der Waals surface area contributed by atoms with Gasteiger partial charge in [0, 0.05) is 0 Å². The molecular formula is C10H20. The van der Waals surface area contributed by atoms with Gasteiger partial charge in [0.2, 0.25) is 0 Å². The maximum Gasteiger partial charge on any atom is -0.0326 e. The molecule has 0 N–H and O–H groups in total. The normalized spacial score (nSPS) is 41.7. The molecular weight excluding hydrogens is 120 g/mol. The molecule has 0 amide bonds. The lowest BCUT2D eigenvalue weighted by atomic mass is 9.70. The molecule has 0 heterocycles. The van der Waals surface area contributed by atoms with Crippen molar-refractivity contribution in [2.75, 3.05) is 0 Å². The van der Waals surface area contributed by atoms with E-state index in [4.69, 9.17) is 0 Å². The van der Waals surface area contributed by atoms with Crippen molar-refractivity contribution < 1.29 is 0 Å². The molecule has 1 aliphatic carbocycles. The predicted octanol–water partition coefficient (Wildman–Crippen LogP) is 3.61. The van der Waals surface area contributed by atoms with Gasteiger partial charge < -0.3 is 0 Å². The molecule has 0 aliphatic heterocycles. The van der Waals surface area contributed by atoms with Crippen molar-refractivity contribution in [1.82, 2.24) is 0 Å².